The number of hydrogen-bond donors (Lipinski definition) is 1. The average Bonchev–Trinajstić information content (AvgIpc) is 2.68. The molecule has 1 aliphatic rings. The van der Waals surface area contributed by atoms with Crippen LogP contribution in [0, 0.1) is 5.92 Å². The molecule has 1 aromatic rings. The molecule has 0 aromatic carbocycles. The molecule has 0 bridgehead atoms. The largest absolute Gasteiger partial charge is 0.399 e. The Bertz CT molecular complexity index is 241. The van der Waals surface area contributed by atoms with E-state index >= 15 is 0 Å². The van der Waals surface area contributed by atoms with Crippen molar-refractivity contribution < 1.29 is 0 Å². The van der Waals surface area contributed by atoms with Crippen LogP contribution in [0.15, 0.2) is 18.3 Å². The van der Waals surface area contributed by atoms with E-state index < -0.39 is 0 Å². The predicted molar refractivity (Wildman–Crippen MR) is 40.2 cm³/mol. The Morgan fingerprint density at radius 1 is 1.40 bits per heavy atom. The van der Waals surface area contributed by atoms with E-state index in [9.17, 15) is 0 Å². The van der Waals surface area contributed by atoms with Gasteiger partial charge in [0.2, 0.25) is 0 Å². The summed E-state index contributed by atoms with van der Waals surface area (Å²) in [7, 11) is 0. The van der Waals surface area contributed by atoms with Crippen molar-refractivity contribution in [2.75, 3.05) is 5.73 Å². The van der Waals surface area contributed by atoms with E-state index in [-0.39, 0.29) is 0 Å². The zero-order valence-corrected chi connectivity index (χ0v) is 5.67. The normalized spacial score (nSPS) is 17.2. The summed E-state index contributed by atoms with van der Waals surface area (Å²) in [6, 6.07) is 3.74. The molecule has 51 valence electrons. The summed E-state index contributed by atoms with van der Waals surface area (Å²) in [4.78, 5) is 4.18. The highest BCUT2D eigenvalue weighted by Crippen LogP contribution is 2.37. The third kappa shape index (κ3) is 0.967. The number of nitrogen functional groups attached to an aromatic ring is 1. The minimum absolute atomic E-state index is 0.810. The molecular weight excluding hydrogens is 124 g/mol. The summed E-state index contributed by atoms with van der Waals surface area (Å²) in [6.07, 6.45) is 4.17. The summed E-state index contributed by atoms with van der Waals surface area (Å²) in [5, 5.41) is 0. The molecule has 0 spiro atoms. The first-order chi connectivity index (χ1) is 4.86. The maximum Gasteiger partial charge on any atom is 0.0495 e. The van der Waals surface area contributed by atoms with Crippen LogP contribution in [0.25, 0.3) is 0 Å². The highest BCUT2D eigenvalue weighted by molar-refractivity contribution is 5.43. The number of rotatable bonds is 1. The lowest BCUT2D eigenvalue weighted by Gasteiger charge is -1.95. The summed E-state index contributed by atoms with van der Waals surface area (Å²) in [6.45, 7) is 0. The Hall–Kier alpha value is -1.05. The second-order valence-electron chi connectivity index (χ2n) is 2.58. The minimum atomic E-state index is 0.810. The highest BCUT2D eigenvalue weighted by atomic mass is 14.7. The number of aromatic nitrogens is 1. The van der Waals surface area contributed by atoms with Gasteiger partial charge in [0.1, 0.15) is 0 Å². The van der Waals surface area contributed by atoms with E-state index in [2.05, 4.69) is 4.98 Å². The van der Waals surface area contributed by atoms with Crippen LogP contribution in [0.5, 0.6) is 0 Å². The van der Waals surface area contributed by atoms with Crippen molar-refractivity contribution in [3.63, 3.8) is 0 Å². The standard InChI is InChI=1S/C8H9N2/c9-7-3-4-10-8(5-7)6-1-2-6/h3-5H,1-2H2,(H2,9,10). The van der Waals surface area contributed by atoms with Crippen LogP contribution < -0.4 is 5.73 Å². The molecule has 2 N–H and O–H groups in total. The van der Waals surface area contributed by atoms with Crippen LogP contribution in [-0.4, -0.2) is 4.98 Å². The maximum atomic E-state index is 5.57. The summed E-state index contributed by atoms with van der Waals surface area (Å²) in [5.41, 5.74) is 7.46. The summed E-state index contributed by atoms with van der Waals surface area (Å²) in [5.74, 6) is 1.44. The fourth-order valence-electron chi connectivity index (χ4n) is 0.959. The van der Waals surface area contributed by atoms with Crippen molar-refractivity contribution in [1.29, 1.82) is 0 Å². The molecule has 10 heavy (non-hydrogen) atoms. The Labute approximate surface area is 60.1 Å². The Morgan fingerprint density at radius 3 is 2.80 bits per heavy atom. The molecule has 2 heteroatoms. The average molecular weight is 133 g/mol. The van der Waals surface area contributed by atoms with Gasteiger partial charge >= 0.3 is 0 Å². The van der Waals surface area contributed by atoms with Crippen molar-refractivity contribution in [1.82, 2.24) is 4.98 Å². The third-order valence-corrected chi connectivity index (χ3v) is 1.65. The topological polar surface area (TPSA) is 38.9 Å². The van der Waals surface area contributed by atoms with Gasteiger partial charge in [-0.05, 0) is 25.0 Å². The monoisotopic (exact) mass is 133 g/mol. The van der Waals surface area contributed by atoms with Gasteiger partial charge in [0, 0.05) is 23.5 Å². The van der Waals surface area contributed by atoms with Crippen molar-refractivity contribution in [2.45, 2.75) is 12.8 Å². The SMILES string of the molecule is Nc1ccnc([C]2CC2)c1. The molecule has 1 radical (unpaired) electrons. The lowest BCUT2D eigenvalue weighted by molar-refractivity contribution is 1.19. The Balaban J connectivity index is 2.32. The van der Waals surface area contributed by atoms with Crippen LogP contribution >= 0.6 is 0 Å². The number of pyridine rings is 1. The fraction of sp³-hybridized carbons (Fsp3) is 0.250. The van der Waals surface area contributed by atoms with Crippen LogP contribution in [0.1, 0.15) is 18.5 Å². The second kappa shape index (κ2) is 1.97. The first-order valence-electron chi connectivity index (χ1n) is 3.43. The van der Waals surface area contributed by atoms with Gasteiger partial charge in [-0.15, -0.1) is 0 Å². The summed E-state index contributed by atoms with van der Waals surface area (Å²) < 4.78 is 0. The molecule has 1 fully saturated rings. The van der Waals surface area contributed by atoms with Gasteiger partial charge in [-0.1, -0.05) is 0 Å². The lowest BCUT2D eigenvalue weighted by atomic mass is 10.2. The molecule has 0 unspecified atom stereocenters. The van der Waals surface area contributed by atoms with E-state index in [0.717, 1.165) is 11.4 Å². The molecular formula is C8H9N2. The predicted octanol–water partition coefficient (Wildman–Crippen LogP) is 1.38. The van der Waals surface area contributed by atoms with Gasteiger partial charge in [0.15, 0.2) is 0 Å². The smallest absolute Gasteiger partial charge is 0.0495 e. The number of hydrogen-bond acceptors (Lipinski definition) is 2. The van der Waals surface area contributed by atoms with Gasteiger partial charge in [-0.2, -0.15) is 0 Å². The zero-order chi connectivity index (χ0) is 6.97. The van der Waals surface area contributed by atoms with E-state index in [4.69, 9.17) is 5.73 Å². The van der Waals surface area contributed by atoms with E-state index in [1.54, 1.807) is 6.20 Å². The Kier molecular flexibility index (Phi) is 1.13. The Morgan fingerprint density at radius 2 is 2.20 bits per heavy atom. The molecule has 0 atom stereocenters. The fourth-order valence-corrected chi connectivity index (χ4v) is 0.959. The molecule has 1 saturated carbocycles. The summed E-state index contributed by atoms with van der Waals surface area (Å²) >= 11 is 0. The molecule has 0 amide bonds. The van der Waals surface area contributed by atoms with Crippen molar-refractivity contribution >= 4 is 5.69 Å². The van der Waals surface area contributed by atoms with Gasteiger partial charge in [0.25, 0.3) is 0 Å². The highest BCUT2D eigenvalue weighted by Gasteiger charge is 2.25. The number of nitrogens with zero attached hydrogens (tertiary/aromatic N) is 1. The zero-order valence-electron chi connectivity index (χ0n) is 5.67. The molecule has 0 saturated heterocycles. The molecule has 1 aliphatic carbocycles. The van der Waals surface area contributed by atoms with E-state index in [0.29, 0.717) is 0 Å². The quantitative estimate of drug-likeness (QED) is 0.628. The second-order valence-corrected chi connectivity index (χ2v) is 2.58. The molecule has 1 heterocycles. The van der Waals surface area contributed by atoms with Crippen LogP contribution in [0.4, 0.5) is 5.69 Å². The van der Waals surface area contributed by atoms with Crippen molar-refractivity contribution in [3.05, 3.63) is 29.9 Å². The minimum Gasteiger partial charge on any atom is -0.399 e. The van der Waals surface area contributed by atoms with Crippen molar-refractivity contribution in [3.8, 4) is 0 Å². The van der Waals surface area contributed by atoms with E-state index in [1.165, 1.54) is 18.8 Å². The van der Waals surface area contributed by atoms with Gasteiger partial charge in [-0.3, -0.25) is 4.98 Å². The molecule has 0 aliphatic heterocycles. The van der Waals surface area contributed by atoms with Crippen LogP contribution in [0.2, 0.25) is 0 Å². The number of anilines is 1. The first-order valence-corrected chi connectivity index (χ1v) is 3.43. The molecule has 2 nitrogen and oxygen atoms in total. The number of nitrogens with two attached hydrogens (primary N) is 1. The lowest BCUT2D eigenvalue weighted by Crippen LogP contribution is -1.89. The van der Waals surface area contributed by atoms with Crippen molar-refractivity contribution in [2.24, 2.45) is 0 Å². The van der Waals surface area contributed by atoms with Crippen LogP contribution in [0.3, 0.4) is 0 Å². The van der Waals surface area contributed by atoms with Gasteiger partial charge in [0.05, 0.1) is 0 Å². The molecule has 1 aromatic heterocycles. The third-order valence-electron chi connectivity index (χ3n) is 1.65. The first kappa shape index (κ1) is 5.71. The maximum absolute atomic E-state index is 5.57. The van der Waals surface area contributed by atoms with Gasteiger partial charge in [-0.25, -0.2) is 0 Å². The van der Waals surface area contributed by atoms with Crippen LogP contribution in [-0.2, 0) is 0 Å². The molecule has 2 rings (SSSR count). The van der Waals surface area contributed by atoms with E-state index in [1.807, 2.05) is 12.1 Å². The van der Waals surface area contributed by atoms with Gasteiger partial charge < -0.3 is 5.73 Å².